The van der Waals surface area contributed by atoms with E-state index in [9.17, 15) is 5.11 Å². The molecule has 3 nitrogen and oxygen atoms in total. The highest BCUT2D eigenvalue weighted by atomic mass is 79.9. The Labute approximate surface area is 96.7 Å². The summed E-state index contributed by atoms with van der Waals surface area (Å²) in [5.74, 6) is 0. The van der Waals surface area contributed by atoms with Crippen LogP contribution in [0.15, 0.2) is 15.9 Å². The topological polar surface area (TPSA) is 49.5 Å². The van der Waals surface area contributed by atoms with Gasteiger partial charge in [0.05, 0.1) is 14.9 Å². The minimum Gasteiger partial charge on any atom is -0.391 e. The van der Waals surface area contributed by atoms with E-state index in [0.29, 0.717) is 19.5 Å². The average Bonchev–Trinajstić information content (AvgIpc) is 2.52. The molecule has 0 bridgehead atoms. The third-order valence-electron chi connectivity index (χ3n) is 1.92. The van der Waals surface area contributed by atoms with Crippen molar-refractivity contribution in [1.29, 1.82) is 0 Å². The summed E-state index contributed by atoms with van der Waals surface area (Å²) in [4.78, 5) is 2.04. The molecule has 80 valence electrons. The molecule has 1 aromatic rings. The zero-order valence-electron chi connectivity index (χ0n) is 8.11. The molecular weight excluding hydrogens is 264 g/mol. The standard InChI is InChI=1S/C9H15BrN2OS/c1-12(6-7(13)4-5-11)9-3-2-8(10)14-9/h2-3,7,13H,4-6,11H2,1H3. The number of rotatable bonds is 5. The highest BCUT2D eigenvalue weighted by Gasteiger charge is 2.09. The van der Waals surface area contributed by atoms with Gasteiger partial charge in [0.15, 0.2) is 0 Å². The van der Waals surface area contributed by atoms with Crippen molar-refractivity contribution in [2.24, 2.45) is 5.73 Å². The predicted molar refractivity (Wildman–Crippen MR) is 65.0 cm³/mol. The van der Waals surface area contributed by atoms with E-state index in [4.69, 9.17) is 5.73 Å². The van der Waals surface area contributed by atoms with Gasteiger partial charge < -0.3 is 15.7 Å². The van der Waals surface area contributed by atoms with Crippen molar-refractivity contribution >= 4 is 32.3 Å². The number of nitrogens with zero attached hydrogens (tertiary/aromatic N) is 1. The van der Waals surface area contributed by atoms with Gasteiger partial charge in [0, 0.05) is 13.6 Å². The van der Waals surface area contributed by atoms with E-state index < -0.39 is 0 Å². The summed E-state index contributed by atoms with van der Waals surface area (Å²) in [5.41, 5.74) is 5.36. The van der Waals surface area contributed by atoms with E-state index in [1.54, 1.807) is 11.3 Å². The van der Waals surface area contributed by atoms with Crippen LogP contribution >= 0.6 is 27.3 Å². The second kappa shape index (κ2) is 5.70. The van der Waals surface area contributed by atoms with Crippen LogP contribution in [0.3, 0.4) is 0 Å². The molecule has 0 spiro atoms. The molecule has 3 N–H and O–H groups in total. The van der Waals surface area contributed by atoms with Crippen LogP contribution in [0.2, 0.25) is 0 Å². The Bertz CT molecular complexity index is 280. The fourth-order valence-electron chi connectivity index (χ4n) is 1.20. The Morgan fingerprint density at radius 1 is 1.64 bits per heavy atom. The van der Waals surface area contributed by atoms with Crippen LogP contribution in [-0.2, 0) is 0 Å². The van der Waals surface area contributed by atoms with Gasteiger partial charge >= 0.3 is 0 Å². The molecule has 1 heterocycles. The number of hydrogen-bond acceptors (Lipinski definition) is 4. The molecule has 1 unspecified atom stereocenters. The van der Waals surface area contributed by atoms with Crippen molar-refractivity contribution in [1.82, 2.24) is 0 Å². The van der Waals surface area contributed by atoms with E-state index in [0.717, 1.165) is 8.79 Å². The lowest BCUT2D eigenvalue weighted by molar-refractivity contribution is 0.174. The summed E-state index contributed by atoms with van der Waals surface area (Å²) in [6.07, 6.45) is 0.308. The predicted octanol–water partition coefficient (Wildman–Crippen LogP) is 1.66. The summed E-state index contributed by atoms with van der Waals surface area (Å²) >= 11 is 5.06. The van der Waals surface area contributed by atoms with Crippen molar-refractivity contribution in [2.45, 2.75) is 12.5 Å². The van der Waals surface area contributed by atoms with Gasteiger partial charge in [0.2, 0.25) is 0 Å². The Morgan fingerprint density at radius 3 is 2.86 bits per heavy atom. The van der Waals surface area contributed by atoms with Crippen LogP contribution in [0.1, 0.15) is 6.42 Å². The molecule has 0 aliphatic heterocycles. The number of thiophene rings is 1. The zero-order valence-corrected chi connectivity index (χ0v) is 10.5. The van der Waals surface area contributed by atoms with Crippen molar-refractivity contribution in [3.63, 3.8) is 0 Å². The van der Waals surface area contributed by atoms with E-state index in [1.165, 1.54) is 0 Å². The summed E-state index contributed by atoms with van der Waals surface area (Å²) in [6, 6.07) is 4.04. The smallest absolute Gasteiger partial charge is 0.0918 e. The monoisotopic (exact) mass is 278 g/mol. The third-order valence-corrected chi connectivity index (χ3v) is 3.66. The molecule has 1 atom stereocenters. The fourth-order valence-corrected chi connectivity index (χ4v) is 2.53. The first-order valence-corrected chi connectivity index (χ1v) is 6.09. The summed E-state index contributed by atoms with van der Waals surface area (Å²) in [7, 11) is 1.97. The van der Waals surface area contributed by atoms with Gasteiger partial charge in [-0.1, -0.05) is 0 Å². The van der Waals surface area contributed by atoms with Crippen LogP contribution in [0.25, 0.3) is 0 Å². The maximum absolute atomic E-state index is 9.56. The SMILES string of the molecule is CN(CC(O)CCN)c1ccc(Br)s1. The maximum atomic E-state index is 9.56. The second-order valence-electron chi connectivity index (χ2n) is 3.19. The van der Waals surface area contributed by atoms with E-state index in [2.05, 4.69) is 15.9 Å². The van der Waals surface area contributed by atoms with Gasteiger partial charge in [-0.05, 0) is 41.0 Å². The minimum absolute atomic E-state index is 0.342. The van der Waals surface area contributed by atoms with Gasteiger partial charge in [-0.25, -0.2) is 0 Å². The first-order valence-electron chi connectivity index (χ1n) is 4.48. The quantitative estimate of drug-likeness (QED) is 0.861. The molecule has 14 heavy (non-hydrogen) atoms. The maximum Gasteiger partial charge on any atom is 0.0918 e. The number of likely N-dealkylation sites (N-methyl/N-ethyl adjacent to an activating group) is 1. The van der Waals surface area contributed by atoms with Crippen molar-refractivity contribution in [2.75, 3.05) is 25.0 Å². The zero-order chi connectivity index (χ0) is 10.6. The third kappa shape index (κ3) is 3.57. The van der Waals surface area contributed by atoms with Crippen molar-refractivity contribution in [3.8, 4) is 0 Å². The molecule has 0 aliphatic carbocycles. The molecule has 0 amide bonds. The number of aliphatic hydroxyl groups excluding tert-OH is 1. The lowest BCUT2D eigenvalue weighted by Crippen LogP contribution is -2.29. The number of nitrogens with two attached hydrogens (primary N) is 1. The number of hydrogen-bond donors (Lipinski definition) is 2. The Kier molecular flexibility index (Phi) is 4.88. The molecule has 0 saturated heterocycles. The van der Waals surface area contributed by atoms with Crippen LogP contribution in [0.5, 0.6) is 0 Å². The molecule has 5 heteroatoms. The largest absolute Gasteiger partial charge is 0.391 e. The number of halogens is 1. The Morgan fingerprint density at radius 2 is 2.36 bits per heavy atom. The van der Waals surface area contributed by atoms with Gasteiger partial charge in [0.25, 0.3) is 0 Å². The first-order chi connectivity index (χ1) is 6.63. The second-order valence-corrected chi connectivity index (χ2v) is 5.63. The first kappa shape index (κ1) is 12.0. The lowest BCUT2D eigenvalue weighted by atomic mass is 10.2. The molecule has 0 saturated carbocycles. The molecule has 0 fully saturated rings. The Balaban J connectivity index is 2.45. The fraction of sp³-hybridized carbons (Fsp3) is 0.556. The van der Waals surface area contributed by atoms with Gasteiger partial charge in [-0.3, -0.25) is 0 Å². The summed E-state index contributed by atoms with van der Waals surface area (Å²) in [5, 5.41) is 10.7. The molecule has 1 aromatic heterocycles. The van der Waals surface area contributed by atoms with E-state index in [-0.39, 0.29) is 6.10 Å². The summed E-state index contributed by atoms with van der Waals surface area (Å²) in [6.45, 7) is 1.16. The van der Waals surface area contributed by atoms with Crippen molar-refractivity contribution in [3.05, 3.63) is 15.9 Å². The minimum atomic E-state index is -0.342. The molecule has 0 aliphatic rings. The van der Waals surface area contributed by atoms with Gasteiger partial charge in [-0.15, -0.1) is 11.3 Å². The molecular formula is C9H15BrN2OS. The molecule has 0 aromatic carbocycles. The highest BCUT2D eigenvalue weighted by Crippen LogP contribution is 2.29. The van der Waals surface area contributed by atoms with Crippen LogP contribution in [0, 0.1) is 0 Å². The van der Waals surface area contributed by atoms with Crippen LogP contribution < -0.4 is 10.6 Å². The number of aliphatic hydroxyl groups is 1. The summed E-state index contributed by atoms with van der Waals surface area (Å²) < 4.78 is 1.10. The average molecular weight is 279 g/mol. The Hall–Kier alpha value is -0.100. The highest BCUT2D eigenvalue weighted by molar-refractivity contribution is 9.11. The van der Waals surface area contributed by atoms with Crippen LogP contribution in [0.4, 0.5) is 5.00 Å². The van der Waals surface area contributed by atoms with Gasteiger partial charge in [0.1, 0.15) is 0 Å². The van der Waals surface area contributed by atoms with E-state index >= 15 is 0 Å². The molecule has 1 rings (SSSR count). The lowest BCUT2D eigenvalue weighted by Gasteiger charge is -2.20. The van der Waals surface area contributed by atoms with E-state index in [1.807, 2.05) is 24.1 Å². The van der Waals surface area contributed by atoms with Gasteiger partial charge in [-0.2, -0.15) is 0 Å². The van der Waals surface area contributed by atoms with Crippen molar-refractivity contribution < 1.29 is 5.11 Å². The van der Waals surface area contributed by atoms with Crippen LogP contribution in [-0.4, -0.2) is 31.3 Å². The number of anilines is 1. The molecule has 0 radical (unpaired) electrons. The normalized spacial score (nSPS) is 12.9.